The predicted molar refractivity (Wildman–Crippen MR) is 82.3 cm³/mol. The van der Waals surface area contributed by atoms with Crippen LogP contribution in [0.3, 0.4) is 0 Å². The second-order valence-corrected chi connectivity index (χ2v) is 5.51. The molecule has 1 aliphatic carbocycles. The second kappa shape index (κ2) is 5.68. The van der Waals surface area contributed by atoms with E-state index in [0.717, 1.165) is 12.3 Å². The first-order valence-electron chi connectivity index (χ1n) is 7.23. The maximum Gasteiger partial charge on any atom is 0.119 e. The standard InChI is InChI=1S/C18H21NO/c1-13(14-7-5-8-17(11-14)20-2)19-12-16-10-15-6-3-4-9-18(15)16/h3-9,11,13,16,19H,10,12H2,1-2H3. The van der Waals surface area contributed by atoms with E-state index in [2.05, 4.69) is 48.6 Å². The van der Waals surface area contributed by atoms with Crippen LogP contribution in [0, 0.1) is 0 Å². The first kappa shape index (κ1) is 13.2. The molecule has 2 aromatic rings. The summed E-state index contributed by atoms with van der Waals surface area (Å²) >= 11 is 0. The van der Waals surface area contributed by atoms with Crippen LogP contribution in [-0.2, 0) is 6.42 Å². The molecule has 0 saturated carbocycles. The summed E-state index contributed by atoms with van der Waals surface area (Å²) in [5.74, 6) is 1.59. The van der Waals surface area contributed by atoms with Gasteiger partial charge in [0.1, 0.15) is 5.75 Å². The van der Waals surface area contributed by atoms with Crippen molar-refractivity contribution >= 4 is 0 Å². The number of nitrogens with one attached hydrogen (secondary N) is 1. The highest BCUT2D eigenvalue weighted by molar-refractivity contribution is 5.40. The first-order chi connectivity index (χ1) is 9.78. The minimum absolute atomic E-state index is 0.345. The Morgan fingerprint density at radius 2 is 2.05 bits per heavy atom. The maximum atomic E-state index is 5.28. The van der Waals surface area contributed by atoms with Crippen molar-refractivity contribution < 1.29 is 4.74 Å². The fraction of sp³-hybridized carbons (Fsp3) is 0.333. The Morgan fingerprint density at radius 1 is 1.20 bits per heavy atom. The summed E-state index contributed by atoms with van der Waals surface area (Å²) < 4.78 is 5.28. The van der Waals surface area contributed by atoms with Gasteiger partial charge in [-0.05, 0) is 42.2 Å². The number of methoxy groups -OCH3 is 1. The lowest BCUT2D eigenvalue weighted by atomic mass is 9.77. The summed E-state index contributed by atoms with van der Waals surface area (Å²) in [5, 5.41) is 3.64. The molecule has 0 heterocycles. The Kier molecular flexibility index (Phi) is 3.75. The van der Waals surface area contributed by atoms with E-state index < -0.39 is 0 Å². The van der Waals surface area contributed by atoms with Crippen molar-refractivity contribution in [1.29, 1.82) is 0 Å². The number of rotatable bonds is 5. The molecule has 2 unspecified atom stereocenters. The predicted octanol–water partition coefficient (Wildman–Crippen LogP) is 3.69. The number of ether oxygens (including phenoxy) is 1. The molecule has 0 aliphatic heterocycles. The lowest BCUT2D eigenvalue weighted by Gasteiger charge is -2.31. The van der Waals surface area contributed by atoms with Crippen molar-refractivity contribution in [3.63, 3.8) is 0 Å². The average molecular weight is 267 g/mol. The van der Waals surface area contributed by atoms with Crippen LogP contribution in [0.4, 0.5) is 0 Å². The zero-order valence-electron chi connectivity index (χ0n) is 12.1. The number of hydrogen-bond donors (Lipinski definition) is 1. The normalized spacial score (nSPS) is 18.0. The van der Waals surface area contributed by atoms with Gasteiger partial charge in [-0.25, -0.2) is 0 Å². The molecule has 0 saturated heterocycles. The summed E-state index contributed by atoms with van der Waals surface area (Å²) in [6.45, 7) is 3.24. The summed E-state index contributed by atoms with van der Waals surface area (Å²) in [7, 11) is 1.71. The van der Waals surface area contributed by atoms with Crippen molar-refractivity contribution in [1.82, 2.24) is 5.32 Å². The molecule has 20 heavy (non-hydrogen) atoms. The molecule has 1 N–H and O–H groups in total. The second-order valence-electron chi connectivity index (χ2n) is 5.51. The fourth-order valence-corrected chi connectivity index (χ4v) is 2.89. The summed E-state index contributed by atoms with van der Waals surface area (Å²) in [6.07, 6.45) is 1.20. The van der Waals surface area contributed by atoms with Gasteiger partial charge in [0.2, 0.25) is 0 Å². The molecule has 0 amide bonds. The van der Waals surface area contributed by atoms with Crippen LogP contribution in [-0.4, -0.2) is 13.7 Å². The maximum absolute atomic E-state index is 5.28. The smallest absolute Gasteiger partial charge is 0.119 e. The number of benzene rings is 2. The van der Waals surface area contributed by atoms with Gasteiger partial charge >= 0.3 is 0 Å². The fourth-order valence-electron chi connectivity index (χ4n) is 2.89. The van der Waals surface area contributed by atoms with E-state index in [0.29, 0.717) is 12.0 Å². The van der Waals surface area contributed by atoms with Gasteiger partial charge < -0.3 is 10.1 Å². The van der Waals surface area contributed by atoms with E-state index in [1.54, 1.807) is 7.11 Å². The quantitative estimate of drug-likeness (QED) is 0.892. The van der Waals surface area contributed by atoms with E-state index in [9.17, 15) is 0 Å². The van der Waals surface area contributed by atoms with Gasteiger partial charge in [-0.2, -0.15) is 0 Å². The lowest BCUT2D eigenvalue weighted by molar-refractivity contribution is 0.413. The van der Waals surface area contributed by atoms with Crippen LogP contribution < -0.4 is 10.1 Å². The molecule has 0 aromatic heterocycles. The Bertz CT molecular complexity index is 593. The molecule has 2 aromatic carbocycles. The number of fused-ring (bicyclic) bond motifs is 1. The molecular weight excluding hydrogens is 246 g/mol. The minimum atomic E-state index is 0.345. The van der Waals surface area contributed by atoms with Crippen LogP contribution in [0.1, 0.15) is 35.6 Å². The van der Waals surface area contributed by atoms with Crippen molar-refractivity contribution in [3.8, 4) is 5.75 Å². The van der Waals surface area contributed by atoms with Gasteiger partial charge in [0.05, 0.1) is 7.11 Å². The largest absolute Gasteiger partial charge is 0.497 e. The topological polar surface area (TPSA) is 21.3 Å². The van der Waals surface area contributed by atoms with Gasteiger partial charge in [-0.1, -0.05) is 36.4 Å². The average Bonchev–Trinajstić information content (AvgIpc) is 2.48. The lowest BCUT2D eigenvalue weighted by Crippen LogP contribution is -2.30. The monoisotopic (exact) mass is 267 g/mol. The number of hydrogen-bond acceptors (Lipinski definition) is 2. The van der Waals surface area contributed by atoms with Crippen LogP contribution in [0.2, 0.25) is 0 Å². The SMILES string of the molecule is COc1cccc(C(C)NCC2Cc3ccccc32)c1. The molecule has 0 bridgehead atoms. The van der Waals surface area contributed by atoms with Crippen molar-refractivity contribution in [2.24, 2.45) is 0 Å². The Balaban J connectivity index is 1.59. The third-order valence-electron chi connectivity index (χ3n) is 4.23. The summed E-state index contributed by atoms with van der Waals surface area (Å²) in [6, 6.07) is 17.4. The van der Waals surface area contributed by atoms with E-state index >= 15 is 0 Å². The molecule has 0 radical (unpaired) electrons. The molecule has 2 heteroatoms. The van der Waals surface area contributed by atoms with Gasteiger partial charge in [0.15, 0.2) is 0 Å². The van der Waals surface area contributed by atoms with Gasteiger partial charge in [-0.15, -0.1) is 0 Å². The third kappa shape index (κ3) is 2.56. The highest BCUT2D eigenvalue weighted by Crippen LogP contribution is 2.34. The van der Waals surface area contributed by atoms with E-state index in [4.69, 9.17) is 4.74 Å². The van der Waals surface area contributed by atoms with Gasteiger partial charge in [0, 0.05) is 18.5 Å². The molecule has 2 atom stereocenters. The minimum Gasteiger partial charge on any atom is -0.497 e. The third-order valence-corrected chi connectivity index (χ3v) is 4.23. The molecule has 0 spiro atoms. The molecule has 104 valence electrons. The highest BCUT2D eigenvalue weighted by Gasteiger charge is 2.25. The summed E-state index contributed by atoms with van der Waals surface area (Å²) in [5.41, 5.74) is 4.29. The highest BCUT2D eigenvalue weighted by atomic mass is 16.5. The van der Waals surface area contributed by atoms with Crippen LogP contribution in [0.5, 0.6) is 5.75 Å². The Morgan fingerprint density at radius 3 is 2.85 bits per heavy atom. The molecule has 2 nitrogen and oxygen atoms in total. The van der Waals surface area contributed by atoms with Crippen molar-refractivity contribution in [2.75, 3.05) is 13.7 Å². The summed E-state index contributed by atoms with van der Waals surface area (Å²) in [4.78, 5) is 0. The molecular formula is C18H21NO. The molecule has 3 rings (SSSR count). The zero-order valence-corrected chi connectivity index (χ0v) is 12.1. The van der Waals surface area contributed by atoms with Gasteiger partial charge in [-0.3, -0.25) is 0 Å². The van der Waals surface area contributed by atoms with E-state index in [1.807, 2.05) is 12.1 Å². The van der Waals surface area contributed by atoms with Crippen LogP contribution in [0.15, 0.2) is 48.5 Å². The van der Waals surface area contributed by atoms with Crippen molar-refractivity contribution in [2.45, 2.75) is 25.3 Å². The van der Waals surface area contributed by atoms with Gasteiger partial charge in [0.25, 0.3) is 0 Å². The molecule has 0 fully saturated rings. The Hall–Kier alpha value is -1.80. The van der Waals surface area contributed by atoms with E-state index in [1.165, 1.54) is 23.1 Å². The Labute approximate surface area is 120 Å². The van der Waals surface area contributed by atoms with Crippen LogP contribution in [0.25, 0.3) is 0 Å². The van der Waals surface area contributed by atoms with Crippen molar-refractivity contribution in [3.05, 3.63) is 65.2 Å². The van der Waals surface area contributed by atoms with E-state index in [-0.39, 0.29) is 0 Å². The zero-order chi connectivity index (χ0) is 13.9. The first-order valence-corrected chi connectivity index (χ1v) is 7.23. The molecule has 1 aliphatic rings. The van der Waals surface area contributed by atoms with Crippen LogP contribution >= 0.6 is 0 Å².